The number of aromatic nitrogens is 1. The topological polar surface area (TPSA) is 83.0 Å². The van der Waals surface area contributed by atoms with E-state index in [1.165, 1.54) is 12.0 Å². The van der Waals surface area contributed by atoms with Gasteiger partial charge in [0.05, 0.1) is 12.8 Å². The van der Waals surface area contributed by atoms with E-state index in [9.17, 15) is 4.79 Å². The molecule has 3 saturated heterocycles. The molecule has 3 aliphatic rings. The summed E-state index contributed by atoms with van der Waals surface area (Å²) < 4.78 is 5.44. The summed E-state index contributed by atoms with van der Waals surface area (Å²) in [5.74, 6) is 2.35. The molecule has 2 bridgehead atoms. The molecule has 0 radical (unpaired) electrons. The fourth-order valence-corrected chi connectivity index (χ4v) is 6.03. The number of carbonyl (C=O) groups is 2. The molecule has 33 heavy (non-hydrogen) atoms. The van der Waals surface area contributed by atoms with Crippen LogP contribution in [0.2, 0.25) is 0 Å². The number of hydrogen-bond acceptors (Lipinski definition) is 5. The molecule has 3 aliphatic heterocycles. The van der Waals surface area contributed by atoms with E-state index >= 15 is 0 Å². The lowest BCUT2D eigenvalue weighted by Crippen LogP contribution is -2.65. The van der Waals surface area contributed by atoms with Crippen LogP contribution >= 0.6 is 0 Å². The van der Waals surface area contributed by atoms with Gasteiger partial charge < -0.3 is 14.7 Å². The molecule has 4 heterocycles. The Hall–Kier alpha value is -2.93. The third-order valence-electron chi connectivity index (χ3n) is 7.26. The minimum Gasteiger partial charge on any atom is -0.497 e. The monoisotopic (exact) mass is 451 g/mol. The molecular weight excluding hydrogens is 418 g/mol. The van der Waals surface area contributed by atoms with E-state index in [0.717, 1.165) is 50.3 Å². The minimum absolute atomic E-state index is 0.250. The van der Waals surface area contributed by atoms with Crippen molar-refractivity contribution >= 4 is 12.4 Å². The van der Waals surface area contributed by atoms with Crippen molar-refractivity contribution in [2.24, 2.45) is 11.8 Å². The highest BCUT2D eigenvalue weighted by Crippen LogP contribution is 2.43. The standard InChI is InChI=1S/C25H31N3O2.CH2O2/c1-30-22-8-4-6-18(12-22)13-24-20-14-19(23-9-5-10-25(29)28(23)24)15-27(16-20)17-21-7-2-3-11-26-21;2-1-3/h2-4,6-8,11-12,19-20,23-24H,5,9-10,13-17H2,1H3;1H,(H,2,3)/t19-,20+,23+,24+;/m1./s1. The van der Waals surface area contributed by atoms with Crippen molar-refractivity contribution in [2.45, 2.75) is 50.7 Å². The first-order chi connectivity index (χ1) is 16.1. The Morgan fingerprint density at radius 1 is 1.18 bits per heavy atom. The number of piperidine rings is 3. The molecule has 1 N–H and O–H groups in total. The first-order valence-corrected chi connectivity index (χ1v) is 11.8. The second kappa shape index (κ2) is 10.8. The van der Waals surface area contributed by atoms with Gasteiger partial charge in [-0.15, -0.1) is 0 Å². The van der Waals surface area contributed by atoms with Crippen LogP contribution in [0.15, 0.2) is 48.7 Å². The maximum atomic E-state index is 13.0. The smallest absolute Gasteiger partial charge is 0.290 e. The van der Waals surface area contributed by atoms with E-state index < -0.39 is 0 Å². The van der Waals surface area contributed by atoms with Gasteiger partial charge in [-0.1, -0.05) is 18.2 Å². The van der Waals surface area contributed by atoms with E-state index in [2.05, 4.69) is 45.1 Å². The van der Waals surface area contributed by atoms with Crippen molar-refractivity contribution in [3.63, 3.8) is 0 Å². The summed E-state index contributed by atoms with van der Waals surface area (Å²) in [6, 6.07) is 15.2. The Kier molecular flexibility index (Phi) is 7.60. The van der Waals surface area contributed by atoms with Crippen LogP contribution in [0.4, 0.5) is 0 Å². The van der Waals surface area contributed by atoms with Crippen LogP contribution in [0.5, 0.6) is 5.75 Å². The van der Waals surface area contributed by atoms with E-state index in [1.807, 2.05) is 18.3 Å². The summed E-state index contributed by atoms with van der Waals surface area (Å²) in [4.78, 5) is 30.8. The van der Waals surface area contributed by atoms with Crippen LogP contribution in [-0.4, -0.2) is 64.6 Å². The third kappa shape index (κ3) is 5.36. The van der Waals surface area contributed by atoms with Crippen molar-refractivity contribution in [1.29, 1.82) is 0 Å². The van der Waals surface area contributed by atoms with Crippen LogP contribution in [-0.2, 0) is 22.6 Å². The first kappa shape index (κ1) is 23.2. The quantitative estimate of drug-likeness (QED) is 0.703. The molecule has 0 spiro atoms. The molecule has 1 amide bonds. The molecule has 1 aromatic heterocycles. The number of hydrogen-bond donors (Lipinski definition) is 1. The zero-order valence-corrected chi connectivity index (χ0v) is 19.2. The van der Waals surface area contributed by atoms with Crippen LogP contribution in [0.1, 0.15) is 36.9 Å². The zero-order valence-electron chi connectivity index (χ0n) is 19.2. The summed E-state index contributed by atoms with van der Waals surface area (Å²) in [6.07, 6.45) is 6.92. The van der Waals surface area contributed by atoms with E-state index in [-0.39, 0.29) is 12.5 Å². The Morgan fingerprint density at radius 2 is 2.00 bits per heavy atom. The number of rotatable bonds is 5. The number of amides is 1. The highest BCUT2D eigenvalue weighted by molar-refractivity contribution is 5.78. The lowest BCUT2D eigenvalue weighted by atomic mass is 9.70. The molecule has 2 aromatic rings. The first-order valence-electron chi connectivity index (χ1n) is 11.8. The van der Waals surface area contributed by atoms with Gasteiger partial charge in [0, 0.05) is 44.3 Å². The number of carbonyl (C=O) groups excluding carboxylic acids is 1. The van der Waals surface area contributed by atoms with Crippen LogP contribution < -0.4 is 4.74 Å². The van der Waals surface area contributed by atoms with Crippen LogP contribution in [0.25, 0.3) is 0 Å². The number of methoxy groups -OCH3 is 1. The number of pyridine rings is 1. The molecule has 1 aromatic carbocycles. The third-order valence-corrected chi connectivity index (χ3v) is 7.26. The molecule has 5 rings (SSSR count). The minimum atomic E-state index is -0.250. The lowest BCUT2D eigenvalue weighted by Gasteiger charge is -2.56. The average Bonchev–Trinajstić information content (AvgIpc) is 2.83. The van der Waals surface area contributed by atoms with Gasteiger partial charge in [-0.05, 0) is 67.3 Å². The average molecular weight is 452 g/mol. The van der Waals surface area contributed by atoms with Gasteiger partial charge in [-0.25, -0.2) is 0 Å². The van der Waals surface area contributed by atoms with E-state index in [0.29, 0.717) is 30.2 Å². The molecule has 7 heteroatoms. The van der Waals surface area contributed by atoms with Gasteiger partial charge >= 0.3 is 0 Å². The second-order valence-corrected chi connectivity index (χ2v) is 9.26. The number of nitrogens with zero attached hydrogens (tertiary/aromatic N) is 3. The largest absolute Gasteiger partial charge is 0.497 e. The lowest BCUT2D eigenvalue weighted by molar-refractivity contribution is -0.152. The SMILES string of the molecule is COc1cccc(C[C@H]2[C@H]3C[C@H](CN(Cc4ccccn4)C3)[C@@H]3CCCC(=O)N32)c1.O=CO. The Labute approximate surface area is 195 Å². The summed E-state index contributed by atoms with van der Waals surface area (Å²) in [5.41, 5.74) is 2.40. The van der Waals surface area contributed by atoms with Gasteiger partial charge in [-0.2, -0.15) is 0 Å². The van der Waals surface area contributed by atoms with Gasteiger partial charge in [0.25, 0.3) is 6.47 Å². The van der Waals surface area contributed by atoms with Crippen molar-refractivity contribution in [3.05, 3.63) is 59.9 Å². The molecule has 3 fully saturated rings. The van der Waals surface area contributed by atoms with E-state index in [1.54, 1.807) is 7.11 Å². The van der Waals surface area contributed by atoms with Gasteiger partial charge in [-0.3, -0.25) is 19.5 Å². The molecule has 176 valence electrons. The summed E-state index contributed by atoms with van der Waals surface area (Å²) >= 11 is 0. The maximum absolute atomic E-state index is 13.0. The van der Waals surface area contributed by atoms with Gasteiger partial charge in [0.15, 0.2) is 0 Å². The Morgan fingerprint density at radius 3 is 2.76 bits per heavy atom. The normalized spacial score (nSPS) is 26.6. The molecule has 0 saturated carbocycles. The summed E-state index contributed by atoms with van der Waals surface area (Å²) in [6.45, 7) is 2.77. The molecule has 4 atom stereocenters. The predicted octanol–water partition coefficient (Wildman–Crippen LogP) is 3.24. The van der Waals surface area contributed by atoms with Crippen LogP contribution in [0.3, 0.4) is 0 Å². The molecular formula is C26H33N3O4. The fraction of sp³-hybridized carbons (Fsp3) is 0.500. The molecule has 7 nitrogen and oxygen atoms in total. The Balaban J connectivity index is 0.000000821. The summed E-state index contributed by atoms with van der Waals surface area (Å²) in [5, 5.41) is 6.89. The van der Waals surface area contributed by atoms with Crippen molar-refractivity contribution in [3.8, 4) is 5.75 Å². The predicted molar refractivity (Wildman–Crippen MR) is 125 cm³/mol. The zero-order chi connectivity index (χ0) is 23.2. The molecule has 0 aliphatic carbocycles. The highest BCUT2D eigenvalue weighted by Gasteiger charge is 2.49. The number of fused-ring (bicyclic) bond motifs is 4. The van der Waals surface area contributed by atoms with Gasteiger partial charge in [0.2, 0.25) is 5.91 Å². The van der Waals surface area contributed by atoms with Crippen molar-refractivity contribution in [1.82, 2.24) is 14.8 Å². The fourth-order valence-electron chi connectivity index (χ4n) is 6.03. The molecule has 0 unspecified atom stereocenters. The second-order valence-electron chi connectivity index (χ2n) is 9.26. The maximum Gasteiger partial charge on any atom is 0.290 e. The summed E-state index contributed by atoms with van der Waals surface area (Å²) in [7, 11) is 1.71. The Bertz CT molecular complexity index is 938. The van der Waals surface area contributed by atoms with Crippen molar-refractivity contribution in [2.75, 3.05) is 20.2 Å². The number of benzene rings is 1. The highest BCUT2D eigenvalue weighted by atomic mass is 16.5. The van der Waals surface area contributed by atoms with Gasteiger partial charge in [0.1, 0.15) is 5.75 Å². The number of likely N-dealkylation sites (tertiary alicyclic amines) is 1. The number of ether oxygens (including phenoxy) is 1. The van der Waals surface area contributed by atoms with Crippen LogP contribution in [0, 0.1) is 11.8 Å². The van der Waals surface area contributed by atoms with E-state index in [4.69, 9.17) is 14.6 Å². The van der Waals surface area contributed by atoms with Crippen molar-refractivity contribution < 1.29 is 19.4 Å². The number of carboxylic acid groups (broad SMARTS) is 1.